The van der Waals surface area contributed by atoms with Crippen molar-refractivity contribution in [3.8, 4) is 17.3 Å². The summed E-state index contributed by atoms with van der Waals surface area (Å²) in [5, 5.41) is 48.8. The highest BCUT2D eigenvalue weighted by molar-refractivity contribution is 9.10. The lowest BCUT2D eigenvalue weighted by Gasteiger charge is -2.45. The SMILES string of the molecule is CO[C@@H]1[C@@H](n2cc(-c3cc(F)c(Cl)c(F)c3)nn2)[C@@H](O)[C@@H](CO)O[C@H]1C(=O)N(c1cc(Br)cc(C#N)c1)[C@@H]1COC[C@H]1O. The van der Waals surface area contributed by atoms with Crippen LogP contribution < -0.4 is 4.90 Å². The Kier molecular flexibility index (Phi) is 9.40. The summed E-state index contributed by atoms with van der Waals surface area (Å²) >= 11 is 8.94. The molecule has 1 aromatic heterocycles. The number of amides is 1. The Morgan fingerprint density at radius 1 is 1.26 bits per heavy atom. The minimum Gasteiger partial charge on any atom is -0.394 e. The number of halogens is 4. The van der Waals surface area contributed by atoms with Gasteiger partial charge in [0.1, 0.15) is 52.8 Å². The maximum absolute atomic E-state index is 14.3. The molecule has 12 nitrogen and oxygen atoms in total. The van der Waals surface area contributed by atoms with Crippen molar-refractivity contribution in [3.05, 3.63) is 63.2 Å². The van der Waals surface area contributed by atoms with Crippen molar-refractivity contribution in [1.82, 2.24) is 15.0 Å². The molecule has 0 radical (unpaired) electrons. The molecule has 3 aromatic rings. The average Bonchev–Trinajstić information content (AvgIpc) is 3.64. The molecule has 2 fully saturated rings. The summed E-state index contributed by atoms with van der Waals surface area (Å²) in [6.45, 7) is -0.763. The molecular weight excluding hydrogens is 660 g/mol. The number of nitriles is 1. The molecule has 5 rings (SSSR count). The fraction of sp³-hybridized carbons (Fsp3) is 0.407. The summed E-state index contributed by atoms with van der Waals surface area (Å²) in [5.41, 5.74) is 0.520. The number of aliphatic hydroxyl groups excluding tert-OH is 3. The van der Waals surface area contributed by atoms with Crippen LogP contribution in [0, 0.1) is 23.0 Å². The van der Waals surface area contributed by atoms with E-state index in [2.05, 4.69) is 26.2 Å². The fourth-order valence-electron chi connectivity index (χ4n) is 5.29. The molecule has 2 aromatic carbocycles. The maximum Gasteiger partial charge on any atom is 0.259 e. The standard InChI is InChI=1S/C27H25BrClF2N5O7/c1-41-25-23(35-8-18(33-34-35)13-4-16(30)22(29)17(31)5-13)24(39)21(9-37)43-26(25)27(40)36(19-10-42-11-20(19)38)15-3-12(7-32)2-14(28)6-15/h2-6,8,19-21,23-26,37-39H,9-11H2,1H3/t19-,20-,21-,23+,24+,25-,26-/m1/s1. The summed E-state index contributed by atoms with van der Waals surface area (Å²) in [4.78, 5) is 15.6. The summed E-state index contributed by atoms with van der Waals surface area (Å²) in [6, 6.07) is 6.50. The van der Waals surface area contributed by atoms with Crippen LogP contribution in [0.1, 0.15) is 11.6 Å². The van der Waals surface area contributed by atoms with Gasteiger partial charge in [-0.3, -0.25) is 4.79 Å². The number of ether oxygens (including phenoxy) is 3. The van der Waals surface area contributed by atoms with Gasteiger partial charge in [0, 0.05) is 22.8 Å². The first-order chi connectivity index (χ1) is 20.6. The summed E-state index contributed by atoms with van der Waals surface area (Å²) in [6.07, 6.45) is -5.28. The molecule has 0 unspecified atom stereocenters. The van der Waals surface area contributed by atoms with Crippen molar-refractivity contribution in [2.75, 3.05) is 31.8 Å². The second-order valence-electron chi connectivity index (χ2n) is 9.99. The van der Waals surface area contributed by atoms with Gasteiger partial charge in [0.2, 0.25) is 0 Å². The zero-order valence-corrected chi connectivity index (χ0v) is 24.7. The number of hydrogen-bond donors (Lipinski definition) is 3. The van der Waals surface area contributed by atoms with E-state index in [9.17, 15) is 34.2 Å². The van der Waals surface area contributed by atoms with E-state index in [-0.39, 0.29) is 35.7 Å². The van der Waals surface area contributed by atoms with Crippen molar-refractivity contribution in [2.45, 2.75) is 42.6 Å². The number of benzene rings is 2. The number of carbonyl (C=O) groups excluding carboxylic acids is 1. The van der Waals surface area contributed by atoms with Crippen molar-refractivity contribution in [2.24, 2.45) is 0 Å². The van der Waals surface area contributed by atoms with Crippen molar-refractivity contribution in [1.29, 1.82) is 5.26 Å². The van der Waals surface area contributed by atoms with Gasteiger partial charge in [0.15, 0.2) is 6.10 Å². The Hall–Kier alpha value is -3.07. The van der Waals surface area contributed by atoms with Crippen LogP contribution >= 0.6 is 27.5 Å². The number of hydrogen-bond acceptors (Lipinski definition) is 10. The van der Waals surface area contributed by atoms with Gasteiger partial charge in [-0.25, -0.2) is 13.5 Å². The lowest BCUT2D eigenvalue weighted by atomic mass is 9.91. The first-order valence-corrected chi connectivity index (χ1v) is 14.1. The average molecular weight is 685 g/mol. The lowest BCUT2D eigenvalue weighted by Crippen LogP contribution is -2.63. The van der Waals surface area contributed by atoms with Gasteiger partial charge in [0.05, 0.1) is 43.7 Å². The predicted molar refractivity (Wildman–Crippen MR) is 149 cm³/mol. The lowest BCUT2D eigenvalue weighted by molar-refractivity contribution is -0.211. The van der Waals surface area contributed by atoms with Crippen LogP contribution in [0.2, 0.25) is 5.02 Å². The number of aliphatic hydroxyl groups is 3. The van der Waals surface area contributed by atoms with Crippen molar-refractivity contribution < 1.29 is 43.1 Å². The quantitative estimate of drug-likeness (QED) is 0.314. The summed E-state index contributed by atoms with van der Waals surface area (Å²) in [5.74, 6) is -2.74. The molecule has 0 spiro atoms. The van der Waals surface area contributed by atoms with E-state index in [1.54, 1.807) is 12.1 Å². The third kappa shape index (κ3) is 6.02. The molecule has 228 valence electrons. The largest absolute Gasteiger partial charge is 0.394 e. The molecular formula is C27H25BrClF2N5O7. The molecule has 16 heteroatoms. The highest BCUT2D eigenvalue weighted by Gasteiger charge is 2.52. The highest BCUT2D eigenvalue weighted by Crippen LogP contribution is 2.36. The number of methoxy groups -OCH3 is 1. The molecule has 0 saturated carbocycles. The zero-order valence-electron chi connectivity index (χ0n) is 22.3. The topological polar surface area (TPSA) is 163 Å². The maximum atomic E-state index is 14.3. The van der Waals surface area contributed by atoms with Gasteiger partial charge in [0.25, 0.3) is 5.91 Å². The second kappa shape index (κ2) is 12.9. The van der Waals surface area contributed by atoms with Crippen LogP contribution in [-0.2, 0) is 19.0 Å². The van der Waals surface area contributed by atoms with E-state index in [1.165, 1.54) is 24.3 Å². The fourth-order valence-corrected chi connectivity index (χ4v) is 5.88. The van der Waals surface area contributed by atoms with Gasteiger partial charge < -0.3 is 34.4 Å². The van der Waals surface area contributed by atoms with E-state index < -0.39 is 71.8 Å². The van der Waals surface area contributed by atoms with Gasteiger partial charge in [-0.15, -0.1) is 5.10 Å². The van der Waals surface area contributed by atoms with Gasteiger partial charge >= 0.3 is 0 Å². The van der Waals surface area contributed by atoms with Crippen LogP contribution in [-0.4, -0.2) is 99.7 Å². The molecule has 2 aliphatic rings. The third-order valence-electron chi connectivity index (χ3n) is 7.36. The van der Waals surface area contributed by atoms with E-state index in [1.807, 2.05) is 6.07 Å². The smallest absolute Gasteiger partial charge is 0.259 e. The molecule has 3 N–H and O–H groups in total. The number of aromatic nitrogens is 3. The molecule has 2 aliphatic heterocycles. The minimum atomic E-state index is -1.48. The Morgan fingerprint density at radius 2 is 1.98 bits per heavy atom. The molecule has 1 amide bonds. The van der Waals surface area contributed by atoms with Crippen LogP contribution in [0.4, 0.5) is 14.5 Å². The molecule has 0 bridgehead atoms. The Bertz CT molecular complexity index is 1540. The minimum absolute atomic E-state index is 0.0110. The van der Waals surface area contributed by atoms with E-state index >= 15 is 0 Å². The normalized spacial score (nSPS) is 27.2. The zero-order chi connectivity index (χ0) is 31.0. The highest BCUT2D eigenvalue weighted by atomic mass is 79.9. The molecule has 2 saturated heterocycles. The van der Waals surface area contributed by atoms with E-state index in [4.69, 9.17) is 25.8 Å². The van der Waals surface area contributed by atoms with Crippen molar-refractivity contribution >= 4 is 39.1 Å². The van der Waals surface area contributed by atoms with Crippen molar-refractivity contribution in [3.63, 3.8) is 0 Å². The summed E-state index contributed by atoms with van der Waals surface area (Å²) in [7, 11) is 1.28. The number of anilines is 1. The van der Waals surface area contributed by atoms with Gasteiger partial charge in [-0.05, 0) is 30.3 Å². The number of carbonyl (C=O) groups is 1. The molecule has 43 heavy (non-hydrogen) atoms. The Morgan fingerprint density at radius 3 is 2.58 bits per heavy atom. The monoisotopic (exact) mass is 683 g/mol. The van der Waals surface area contributed by atoms with Gasteiger partial charge in [-0.2, -0.15) is 5.26 Å². The second-order valence-corrected chi connectivity index (χ2v) is 11.3. The predicted octanol–water partition coefficient (Wildman–Crippen LogP) is 1.98. The summed E-state index contributed by atoms with van der Waals surface area (Å²) < 4.78 is 46.9. The molecule has 7 atom stereocenters. The first-order valence-electron chi connectivity index (χ1n) is 12.9. The third-order valence-corrected chi connectivity index (χ3v) is 8.18. The number of rotatable bonds is 7. The molecule has 0 aliphatic carbocycles. The Balaban J connectivity index is 1.55. The van der Waals surface area contributed by atoms with Crippen LogP contribution in [0.15, 0.2) is 41.0 Å². The first kappa shape index (κ1) is 31.4. The van der Waals surface area contributed by atoms with E-state index in [0.29, 0.717) is 4.47 Å². The van der Waals surface area contributed by atoms with Crippen LogP contribution in [0.5, 0.6) is 0 Å². The number of nitrogens with zero attached hydrogens (tertiary/aromatic N) is 5. The Labute approximate surface area is 257 Å². The van der Waals surface area contributed by atoms with Crippen LogP contribution in [0.25, 0.3) is 11.3 Å². The molecule has 3 heterocycles. The van der Waals surface area contributed by atoms with Gasteiger partial charge in [-0.1, -0.05) is 32.7 Å². The van der Waals surface area contributed by atoms with E-state index in [0.717, 1.165) is 16.8 Å². The van der Waals surface area contributed by atoms with Crippen LogP contribution in [0.3, 0.4) is 0 Å².